The molecule has 0 aliphatic heterocycles. The molecule has 2 nitrogen and oxygen atoms in total. The maximum atomic E-state index is 12.5. The molecule has 0 heterocycles. The SMILES string of the molecule is Cc1ccc(NC(=O)C(C)(C)Cc2ccccc2)cc1Cl. The van der Waals surface area contributed by atoms with Gasteiger partial charge < -0.3 is 5.32 Å². The van der Waals surface area contributed by atoms with Gasteiger partial charge in [-0.05, 0) is 36.6 Å². The van der Waals surface area contributed by atoms with Crippen LogP contribution in [0, 0.1) is 12.3 Å². The number of hydrogen-bond donors (Lipinski definition) is 1. The number of rotatable bonds is 4. The van der Waals surface area contributed by atoms with Gasteiger partial charge in [0.25, 0.3) is 0 Å². The quantitative estimate of drug-likeness (QED) is 0.859. The second kappa shape index (κ2) is 6.31. The summed E-state index contributed by atoms with van der Waals surface area (Å²) in [6.45, 7) is 5.84. The van der Waals surface area contributed by atoms with E-state index < -0.39 is 5.41 Å². The van der Waals surface area contributed by atoms with E-state index in [-0.39, 0.29) is 5.91 Å². The lowest BCUT2D eigenvalue weighted by Crippen LogP contribution is -2.32. The van der Waals surface area contributed by atoms with Crippen molar-refractivity contribution in [1.29, 1.82) is 0 Å². The third-order valence-electron chi connectivity index (χ3n) is 3.53. The molecule has 2 aromatic rings. The average Bonchev–Trinajstić information content (AvgIpc) is 2.43. The highest BCUT2D eigenvalue weighted by Crippen LogP contribution is 2.26. The van der Waals surface area contributed by atoms with Crippen LogP contribution in [0.4, 0.5) is 5.69 Å². The van der Waals surface area contributed by atoms with Gasteiger partial charge in [0.1, 0.15) is 0 Å². The van der Waals surface area contributed by atoms with Crippen molar-refractivity contribution in [3.8, 4) is 0 Å². The predicted molar refractivity (Wildman–Crippen MR) is 88.7 cm³/mol. The minimum Gasteiger partial charge on any atom is -0.326 e. The molecule has 21 heavy (non-hydrogen) atoms. The fourth-order valence-electron chi connectivity index (χ4n) is 2.16. The Kier molecular flexibility index (Phi) is 4.69. The van der Waals surface area contributed by atoms with E-state index in [0.717, 1.165) is 16.8 Å². The number of amides is 1. The molecular weight excluding hydrogens is 282 g/mol. The molecule has 2 aromatic carbocycles. The van der Waals surface area contributed by atoms with Gasteiger partial charge in [0.15, 0.2) is 0 Å². The van der Waals surface area contributed by atoms with E-state index in [2.05, 4.69) is 5.32 Å². The van der Waals surface area contributed by atoms with Crippen LogP contribution in [-0.4, -0.2) is 5.91 Å². The van der Waals surface area contributed by atoms with Crippen LogP contribution in [0.25, 0.3) is 0 Å². The molecule has 0 saturated heterocycles. The van der Waals surface area contributed by atoms with Crippen LogP contribution in [0.3, 0.4) is 0 Å². The standard InChI is InChI=1S/C18H20ClNO/c1-13-9-10-15(11-16(13)19)20-17(21)18(2,3)12-14-7-5-4-6-8-14/h4-11H,12H2,1-3H3,(H,20,21). The fraction of sp³-hybridized carbons (Fsp3) is 0.278. The third kappa shape index (κ3) is 4.08. The van der Waals surface area contributed by atoms with Crippen LogP contribution in [0.5, 0.6) is 0 Å². The highest BCUT2D eigenvalue weighted by Gasteiger charge is 2.28. The van der Waals surface area contributed by atoms with Crippen LogP contribution < -0.4 is 5.32 Å². The molecule has 0 atom stereocenters. The Morgan fingerprint density at radius 1 is 1.14 bits per heavy atom. The van der Waals surface area contributed by atoms with Crippen molar-refractivity contribution in [1.82, 2.24) is 0 Å². The largest absolute Gasteiger partial charge is 0.326 e. The van der Waals surface area contributed by atoms with Gasteiger partial charge in [0, 0.05) is 16.1 Å². The lowest BCUT2D eigenvalue weighted by atomic mass is 9.84. The monoisotopic (exact) mass is 301 g/mol. The first kappa shape index (κ1) is 15.6. The number of benzene rings is 2. The maximum Gasteiger partial charge on any atom is 0.230 e. The normalized spacial score (nSPS) is 11.2. The Hall–Kier alpha value is -1.80. The Morgan fingerprint density at radius 3 is 2.43 bits per heavy atom. The second-order valence-corrected chi connectivity index (χ2v) is 6.37. The summed E-state index contributed by atoms with van der Waals surface area (Å²) in [7, 11) is 0. The van der Waals surface area contributed by atoms with Gasteiger partial charge in [-0.25, -0.2) is 0 Å². The molecule has 1 amide bonds. The van der Waals surface area contributed by atoms with Gasteiger partial charge in [0.05, 0.1) is 0 Å². The van der Waals surface area contributed by atoms with Gasteiger partial charge >= 0.3 is 0 Å². The van der Waals surface area contributed by atoms with Crippen molar-refractivity contribution < 1.29 is 4.79 Å². The Balaban J connectivity index is 2.09. The highest BCUT2D eigenvalue weighted by molar-refractivity contribution is 6.31. The zero-order valence-electron chi connectivity index (χ0n) is 12.6. The van der Waals surface area contributed by atoms with Crippen molar-refractivity contribution in [2.45, 2.75) is 27.2 Å². The third-order valence-corrected chi connectivity index (χ3v) is 3.94. The van der Waals surface area contributed by atoms with Gasteiger partial charge in [0.2, 0.25) is 5.91 Å². The number of hydrogen-bond acceptors (Lipinski definition) is 1. The summed E-state index contributed by atoms with van der Waals surface area (Å²) in [6.07, 6.45) is 0.694. The van der Waals surface area contributed by atoms with E-state index >= 15 is 0 Å². The van der Waals surface area contributed by atoms with Gasteiger partial charge in [-0.15, -0.1) is 0 Å². The highest BCUT2D eigenvalue weighted by atomic mass is 35.5. The molecule has 0 aliphatic rings. The van der Waals surface area contributed by atoms with E-state index in [1.165, 1.54) is 0 Å². The number of nitrogens with one attached hydrogen (secondary N) is 1. The van der Waals surface area contributed by atoms with Crippen LogP contribution in [-0.2, 0) is 11.2 Å². The molecule has 0 spiro atoms. The molecule has 2 rings (SSSR count). The Bertz CT molecular complexity index is 635. The molecule has 3 heteroatoms. The summed E-state index contributed by atoms with van der Waals surface area (Å²) < 4.78 is 0. The van der Waals surface area contributed by atoms with Crippen LogP contribution in [0.15, 0.2) is 48.5 Å². The summed E-state index contributed by atoms with van der Waals surface area (Å²) in [4.78, 5) is 12.5. The minimum atomic E-state index is -0.487. The van der Waals surface area contributed by atoms with Gasteiger partial charge in [-0.3, -0.25) is 4.79 Å². The number of aryl methyl sites for hydroxylation is 1. The summed E-state index contributed by atoms with van der Waals surface area (Å²) in [5.41, 5.74) is 2.40. The molecule has 0 radical (unpaired) electrons. The lowest BCUT2D eigenvalue weighted by Gasteiger charge is -2.24. The van der Waals surface area contributed by atoms with E-state index in [0.29, 0.717) is 11.4 Å². The van der Waals surface area contributed by atoms with Gasteiger partial charge in [-0.2, -0.15) is 0 Å². The van der Waals surface area contributed by atoms with Crippen LogP contribution >= 0.6 is 11.6 Å². The topological polar surface area (TPSA) is 29.1 Å². The molecule has 1 N–H and O–H groups in total. The van der Waals surface area contributed by atoms with Crippen molar-refractivity contribution in [3.05, 3.63) is 64.7 Å². The minimum absolute atomic E-state index is 0.00808. The molecule has 0 fully saturated rings. The summed E-state index contributed by atoms with van der Waals surface area (Å²) in [6, 6.07) is 15.6. The van der Waals surface area contributed by atoms with Crippen LogP contribution in [0.1, 0.15) is 25.0 Å². The fourth-order valence-corrected chi connectivity index (χ4v) is 2.34. The first-order valence-electron chi connectivity index (χ1n) is 7.00. The van der Waals surface area contributed by atoms with E-state index in [1.807, 2.05) is 63.2 Å². The molecule has 0 unspecified atom stereocenters. The van der Waals surface area contributed by atoms with Crippen molar-refractivity contribution >= 4 is 23.2 Å². The molecule has 0 aliphatic carbocycles. The number of halogens is 1. The van der Waals surface area contributed by atoms with E-state index in [1.54, 1.807) is 6.07 Å². The first-order valence-corrected chi connectivity index (χ1v) is 7.38. The molecule has 0 bridgehead atoms. The number of carbonyl (C=O) groups excluding carboxylic acids is 1. The zero-order valence-corrected chi connectivity index (χ0v) is 13.4. The lowest BCUT2D eigenvalue weighted by molar-refractivity contribution is -0.123. The number of carbonyl (C=O) groups is 1. The average molecular weight is 302 g/mol. The Labute approximate surface area is 131 Å². The maximum absolute atomic E-state index is 12.5. The molecular formula is C18H20ClNO. The van der Waals surface area contributed by atoms with Crippen molar-refractivity contribution in [2.75, 3.05) is 5.32 Å². The van der Waals surface area contributed by atoms with E-state index in [9.17, 15) is 4.79 Å². The van der Waals surface area contributed by atoms with E-state index in [4.69, 9.17) is 11.6 Å². The molecule has 0 saturated carbocycles. The van der Waals surface area contributed by atoms with Crippen LogP contribution in [0.2, 0.25) is 5.02 Å². The summed E-state index contributed by atoms with van der Waals surface area (Å²) >= 11 is 6.09. The predicted octanol–water partition coefficient (Wildman–Crippen LogP) is 4.86. The Morgan fingerprint density at radius 2 is 1.81 bits per heavy atom. The molecule has 110 valence electrons. The molecule has 0 aromatic heterocycles. The van der Waals surface area contributed by atoms with Gasteiger partial charge in [-0.1, -0.05) is 61.8 Å². The zero-order chi connectivity index (χ0) is 15.5. The van der Waals surface area contributed by atoms with Crippen molar-refractivity contribution in [3.63, 3.8) is 0 Å². The summed E-state index contributed by atoms with van der Waals surface area (Å²) in [5.74, 6) is -0.00808. The van der Waals surface area contributed by atoms with Crippen molar-refractivity contribution in [2.24, 2.45) is 5.41 Å². The first-order chi connectivity index (χ1) is 9.88. The number of anilines is 1. The summed E-state index contributed by atoms with van der Waals surface area (Å²) in [5, 5.41) is 3.61. The second-order valence-electron chi connectivity index (χ2n) is 5.96. The smallest absolute Gasteiger partial charge is 0.230 e.